The summed E-state index contributed by atoms with van der Waals surface area (Å²) >= 11 is 0. The molecule has 3 heterocycles. The number of carbonyl (C=O) groups is 1. The molecule has 128 valence electrons. The Morgan fingerprint density at radius 1 is 1.43 bits per heavy atom. The molecule has 0 aromatic carbocycles. The molecule has 3 rings (SSSR count). The van der Waals surface area contributed by atoms with Crippen molar-refractivity contribution < 1.29 is 4.79 Å². The van der Waals surface area contributed by atoms with Crippen LogP contribution in [0.25, 0.3) is 5.65 Å². The molecule has 1 aliphatic rings. The van der Waals surface area contributed by atoms with E-state index in [9.17, 15) is 4.79 Å². The van der Waals surface area contributed by atoms with Gasteiger partial charge >= 0.3 is 0 Å². The van der Waals surface area contributed by atoms with Crippen LogP contribution < -0.4 is 10.6 Å². The van der Waals surface area contributed by atoms with Crippen LogP contribution in [0.4, 0.5) is 5.95 Å². The summed E-state index contributed by atoms with van der Waals surface area (Å²) in [4.78, 5) is 12.2. The molecule has 6 nitrogen and oxygen atoms in total. The summed E-state index contributed by atoms with van der Waals surface area (Å²) in [6, 6.07) is 5.65. The lowest BCUT2D eigenvalue weighted by Gasteiger charge is -2.27. The van der Waals surface area contributed by atoms with Crippen molar-refractivity contribution in [3.05, 3.63) is 24.4 Å². The zero-order valence-electron chi connectivity index (χ0n) is 13.1. The number of hydrogen-bond donors (Lipinski definition) is 2. The van der Waals surface area contributed by atoms with Crippen LogP contribution in [-0.2, 0) is 4.79 Å². The van der Waals surface area contributed by atoms with E-state index in [1.807, 2.05) is 24.4 Å². The van der Waals surface area contributed by atoms with Crippen LogP contribution >= 0.6 is 24.8 Å². The fraction of sp³-hybridized carbons (Fsp3) is 0.533. The van der Waals surface area contributed by atoms with Crippen LogP contribution in [0.5, 0.6) is 0 Å². The molecule has 2 N–H and O–H groups in total. The number of fused-ring (bicyclic) bond motifs is 1. The van der Waals surface area contributed by atoms with E-state index < -0.39 is 0 Å². The van der Waals surface area contributed by atoms with E-state index in [2.05, 4.69) is 27.8 Å². The number of halogens is 2. The Hall–Kier alpha value is -1.37. The Labute approximate surface area is 148 Å². The molecule has 0 radical (unpaired) electrons. The highest BCUT2D eigenvalue weighted by atomic mass is 35.5. The lowest BCUT2D eigenvalue weighted by atomic mass is 9.85. The van der Waals surface area contributed by atoms with Gasteiger partial charge in [-0.3, -0.25) is 14.5 Å². The second-order valence-corrected chi connectivity index (χ2v) is 5.79. The maximum atomic E-state index is 12.2. The first-order valence-electron chi connectivity index (χ1n) is 7.54. The molecule has 1 fully saturated rings. The Morgan fingerprint density at radius 3 is 3.00 bits per heavy atom. The van der Waals surface area contributed by atoms with Crippen molar-refractivity contribution in [2.75, 3.05) is 18.4 Å². The summed E-state index contributed by atoms with van der Waals surface area (Å²) in [5, 5.41) is 14.3. The van der Waals surface area contributed by atoms with Crippen LogP contribution in [0.15, 0.2) is 24.4 Å². The third-order valence-electron chi connectivity index (χ3n) is 4.21. The van der Waals surface area contributed by atoms with Crippen molar-refractivity contribution in [3.8, 4) is 0 Å². The Balaban J connectivity index is 0.00000132. The molecule has 0 saturated carbocycles. The first-order chi connectivity index (χ1) is 10.2. The molecule has 0 bridgehead atoms. The van der Waals surface area contributed by atoms with Crippen LogP contribution in [-0.4, -0.2) is 33.6 Å². The monoisotopic (exact) mass is 359 g/mol. The van der Waals surface area contributed by atoms with Crippen molar-refractivity contribution >= 4 is 42.3 Å². The standard InChI is InChI=1S/C15H21N5O.2ClH/c1-11(12-5-4-7-16-10-12)9-14(21)17-15-19-18-13-6-2-3-8-20(13)15;;/h2-3,6,8,11-12,16H,4-5,7,9-10H2,1H3,(H,17,19,21);2*1H. The highest BCUT2D eigenvalue weighted by Gasteiger charge is 2.22. The fourth-order valence-electron chi connectivity index (χ4n) is 2.93. The van der Waals surface area contributed by atoms with Crippen molar-refractivity contribution in [1.82, 2.24) is 19.9 Å². The third kappa shape index (κ3) is 4.80. The van der Waals surface area contributed by atoms with E-state index in [0.29, 0.717) is 24.2 Å². The number of pyridine rings is 1. The lowest BCUT2D eigenvalue weighted by molar-refractivity contribution is -0.117. The number of amides is 1. The Morgan fingerprint density at radius 2 is 2.26 bits per heavy atom. The Kier molecular flexibility index (Phi) is 7.75. The van der Waals surface area contributed by atoms with Gasteiger partial charge in [-0.1, -0.05) is 13.0 Å². The number of carbonyl (C=O) groups excluding carboxylic acids is 1. The zero-order valence-corrected chi connectivity index (χ0v) is 14.7. The van der Waals surface area contributed by atoms with E-state index in [0.717, 1.165) is 18.7 Å². The summed E-state index contributed by atoms with van der Waals surface area (Å²) in [5.41, 5.74) is 0.734. The number of nitrogens with zero attached hydrogens (tertiary/aromatic N) is 3. The van der Waals surface area contributed by atoms with Gasteiger partial charge in [-0.05, 0) is 49.9 Å². The number of hydrogen-bond acceptors (Lipinski definition) is 4. The molecular formula is C15H23Cl2N5O. The van der Waals surface area contributed by atoms with Gasteiger partial charge < -0.3 is 5.32 Å². The second kappa shape index (κ2) is 9.05. The van der Waals surface area contributed by atoms with Gasteiger partial charge in [0.2, 0.25) is 11.9 Å². The van der Waals surface area contributed by atoms with Gasteiger partial charge in [0.15, 0.2) is 5.65 Å². The molecule has 2 aromatic rings. The van der Waals surface area contributed by atoms with Gasteiger partial charge in [0.1, 0.15) is 0 Å². The minimum atomic E-state index is 0. The van der Waals surface area contributed by atoms with Crippen LogP contribution in [0.3, 0.4) is 0 Å². The third-order valence-corrected chi connectivity index (χ3v) is 4.21. The van der Waals surface area contributed by atoms with Gasteiger partial charge in [0.25, 0.3) is 0 Å². The van der Waals surface area contributed by atoms with E-state index >= 15 is 0 Å². The predicted molar refractivity (Wildman–Crippen MR) is 95.5 cm³/mol. The van der Waals surface area contributed by atoms with Crippen LogP contribution in [0, 0.1) is 11.8 Å². The van der Waals surface area contributed by atoms with Gasteiger partial charge in [-0.25, -0.2) is 0 Å². The highest BCUT2D eigenvalue weighted by molar-refractivity contribution is 5.89. The molecule has 2 aromatic heterocycles. The number of piperidine rings is 1. The molecule has 1 amide bonds. The molecule has 2 unspecified atom stereocenters. The van der Waals surface area contributed by atoms with Crippen molar-refractivity contribution in [3.63, 3.8) is 0 Å². The summed E-state index contributed by atoms with van der Waals surface area (Å²) in [5.74, 6) is 1.45. The van der Waals surface area contributed by atoms with Gasteiger partial charge in [-0.2, -0.15) is 0 Å². The smallest absolute Gasteiger partial charge is 0.235 e. The maximum Gasteiger partial charge on any atom is 0.235 e. The predicted octanol–water partition coefficient (Wildman–Crippen LogP) is 2.54. The van der Waals surface area contributed by atoms with Gasteiger partial charge in [0.05, 0.1) is 0 Å². The molecule has 1 aliphatic heterocycles. The largest absolute Gasteiger partial charge is 0.316 e. The molecule has 8 heteroatoms. The average Bonchev–Trinajstić information content (AvgIpc) is 2.91. The second-order valence-electron chi connectivity index (χ2n) is 5.79. The molecule has 23 heavy (non-hydrogen) atoms. The first-order valence-corrected chi connectivity index (χ1v) is 7.54. The van der Waals surface area contributed by atoms with Crippen molar-refractivity contribution in [1.29, 1.82) is 0 Å². The van der Waals surface area contributed by atoms with Gasteiger partial charge in [0, 0.05) is 12.6 Å². The quantitative estimate of drug-likeness (QED) is 0.879. The molecule has 0 spiro atoms. The van der Waals surface area contributed by atoms with Crippen molar-refractivity contribution in [2.24, 2.45) is 11.8 Å². The number of nitrogens with one attached hydrogen (secondary N) is 2. The maximum absolute atomic E-state index is 12.2. The van der Waals surface area contributed by atoms with E-state index in [4.69, 9.17) is 0 Å². The first kappa shape index (κ1) is 19.7. The van der Waals surface area contributed by atoms with E-state index in [1.54, 1.807) is 4.40 Å². The summed E-state index contributed by atoms with van der Waals surface area (Å²) in [7, 11) is 0. The average molecular weight is 360 g/mol. The Bertz CT molecular complexity index is 627. The molecule has 1 saturated heterocycles. The zero-order chi connectivity index (χ0) is 14.7. The summed E-state index contributed by atoms with van der Waals surface area (Å²) in [6.45, 7) is 4.27. The minimum Gasteiger partial charge on any atom is -0.316 e. The number of aromatic nitrogens is 3. The number of anilines is 1. The normalized spacial score (nSPS) is 18.6. The minimum absolute atomic E-state index is 0. The molecule has 2 atom stereocenters. The SMILES string of the molecule is CC(CC(=O)Nc1nnc2ccccn12)C1CCCNC1.Cl.Cl. The lowest BCUT2D eigenvalue weighted by Crippen LogP contribution is -2.34. The van der Waals surface area contributed by atoms with Crippen LogP contribution in [0.2, 0.25) is 0 Å². The highest BCUT2D eigenvalue weighted by Crippen LogP contribution is 2.22. The number of rotatable bonds is 4. The molecule has 0 aliphatic carbocycles. The topological polar surface area (TPSA) is 71.3 Å². The fourth-order valence-corrected chi connectivity index (χ4v) is 2.93. The van der Waals surface area contributed by atoms with E-state index in [-0.39, 0.29) is 30.7 Å². The molecular weight excluding hydrogens is 337 g/mol. The summed E-state index contributed by atoms with van der Waals surface area (Å²) < 4.78 is 1.78. The van der Waals surface area contributed by atoms with Gasteiger partial charge in [-0.15, -0.1) is 35.0 Å². The van der Waals surface area contributed by atoms with E-state index in [1.165, 1.54) is 12.8 Å². The van der Waals surface area contributed by atoms with Crippen molar-refractivity contribution in [2.45, 2.75) is 26.2 Å². The van der Waals surface area contributed by atoms with Crippen LogP contribution in [0.1, 0.15) is 26.2 Å². The summed E-state index contributed by atoms with van der Waals surface area (Å²) in [6.07, 6.45) is 4.77.